The number of carbonyl (C=O) groups is 2. The summed E-state index contributed by atoms with van der Waals surface area (Å²) < 4.78 is 11.9. The van der Waals surface area contributed by atoms with E-state index in [-0.39, 0.29) is 31.6 Å². The minimum atomic E-state index is -0.569. The van der Waals surface area contributed by atoms with Gasteiger partial charge in [-0.2, -0.15) is 0 Å². The number of rotatable bonds is 8. The van der Waals surface area contributed by atoms with Crippen LogP contribution in [0.1, 0.15) is 28.2 Å². The molecule has 0 spiro atoms. The number of aromatic nitrogens is 3. The maximum Gasteiger partial charge on any atom is 0.333 e. The molecule has 0 aliphatic carbocycles. The highest BCUT2D eigenvalue weighted by atomic mass is 16.7. The first kappa shape index (κ1) is 24.5. The lowest BCUT2D eigenvalue weighted by Crippen LogP contribution is -2.41. The molecule has 0 saturated carbocycles. The first-order chi connectivity index (χ1) is 17.3. The van der Waals surface area contributed by atoms with E-state index < -0.39 is 11.6 Å². The van der Waals surface area contributed by atoms with Gasteiger partial charge in [-0.05, 0) is 50.1 Å². The minimum Gasteiger partial charge on any atom is -0.454 e. The zero-order valence-corrected chi connectivity index (χ0v) is 20.2. The third-order valence-corrected chi connectivity index (χ3v) is 5.55. The topological polar surface area (TPSA) is 148 Å². The maximum atomic E-state index is 12.8. The van der Waals surface area contributed by atoms with Gasteiger partial charge in [0.15, 0.2) is 11.5 Å². The Kier molecular flexibility index (Phi) is 7.33. The molecule has 0 unspecified atom stereocenters. The molecule has 4 N–H and O–H groups in total. The van der Waals surface area contributed by atoms with Crippen LogP contribution < -0.4 is 36.5 Å². The number of carbonyl (C=O) groups excluding carboxylic acids is 2. The Hall–Kier alpha value is -4.61. The van der Waals surface area contributed by atoms with Gasteiger partial charge in [-0.25, -0.2) is 9.78 Å². The van der Waals surface area contributed by atoms with Crippen LogP contribution in [-0.2, 0) is 24.4 Å². The smallest absolute Gasteiger partial charge is 0.333 e. The molecule has 0 bridgehead atoms. The molecule has 0 fully saturated rings. The Balaban J connectivity index is 1.30. The number of nitrogens with zero attached hydrogens (tertiary/aromatic N) is 3. The molecule has 1 aliphatic rings. The highest BCUT2D eigenvalue weighted by molar-refractivity contribution is 5.76. The van der Waals surface area contributed by atoms with E-state index in [1.165, 1.54) is 10.8 Å². The van der Waals surface area contributed by atoms with Gasteiger partial charge >= 0.3 is 6.03 Å². The molecule has 3 heterocycles. The van der Waals surface area contributed by atoms with Crippen LogP contribution in [-0.4, -0.2) is 33.3 Å². The van der Waals surface area contributed by atoms with Gasteiger partial charge in [-0.1, -0.05) is 12.1 Å². The standard InChI is InChI=1S/C24H27N7O5/c1-14-4-6-18(16(3)28-14)11-25-21(32)12-31-15(2)9-26-22(23(31)33)29-30-24(34)27-10-17-5-7-19-20(8-17)36-13-35-19/h4-9H,10-13H2,1-3H3,(H,25,32)(H,26,29)(H2,27,30,34). The number of benzene rings is 1. The normalized spacial score (nSPS) is 11.6. The quantitative estimate of drug-likeness (QED) is 0.345. The number of fused-ring (bicyclic) bond motifs is 1. The number of anilines is 1. The van der Waals surface area contributed by atoms with Crippen LogP contribution in [0.25, 0.3) is 0 Å². The summed E-state index contributed by atoms with van der Waals surface area (Å²) in [5.41, 5.74) is 8.29. The molecule has 1 aromatic carbocycles. The number of hydrogen-bond donors (Lipinski definition) is 4. The second-order valence-electron chi connectivity index (χ2n) is 8.23. The number of ether oxygens (including phenoxy) is 2. The average molecular weight is 494 g/mol. The molecule has 4 rings (SSSR count). The third kappa shape index (κ3) is 5.90. The van der Waals surface area contributed by atoms with Crippen molar-refractivity contribution < 1.29 is 19.1 Å². The Morgan fingerprint density at radius 2 is 1.83 bits per heavy atom. The monoisotopic (exact) mass is 493 g/mol. The van der Waals surface area contributed by atoms with E-state index >= 15 is 0 Å². The van der Waals surface area contributed by atoms with Crippen LogP contribution in [0.15, 0.2) is 41.3 Å². The summed E-state index contributed by atoms with van der Waals surface area (Å²) in [6.07, 6.45) is 1.44. The SMILES string of the molecule is Cc1ccc(CNC(=O)Cn2c(C)cnc(NNC(=O)NCc3ccc4c(c3)OCO4)c2=O)c(C)n1. The van der Waals surface area contributed by atoms with E-state index in [0.717, 1.165) is 22.5 Å². The summed E-state index contributed by atoms with van der Waals surface area (Å²) in [4.78, 5) is 45.9. The molecule has 0 saturated heterocycles. The van der Waals surface area contributed by atoms with Gasteiger partial charge in [-0.15, -0.1) is 0 Å². The minimum absolute atomic E-state index is 0.120. The van der Waals surface area contributed by atoms with Gasteiger partial charge < -0.3 is 20.1 Å². The zero-order valence-electron chi connectivity index (χ0n) is 20.2. The summed E-state index contributed by atoms with van der Waals surface area (Å²) >= 11 is 0. The Labute approximate surface area is 207 Å². The number of urea groups is 1. The van der Waals surface area contributed by atoms with E-state index in [4.69, 9.17) is 9.47 Å². The van der Waals surface area contributed by atoms with Crippen LogP contribution in [0, 0.1) is 20.8 Å². The fraction of sp³-hybridized carbons (Fsp3) is 0.292. The van der Waals surface area contributed by atoms with Gasteiger partial charge in [0.25, 0.3) is 5.56 Å². The van der Waals surface area contributed by atoms with Crippen LogP contribution >= 0.6 is 0 Å². The van der Waals surface area contributed by atoms with E-state index in [9.17, 15) is 14.4 Å². The molecular formula is C24H27N7O5. The second-order valence-corrected chi connectivity index (χ2v) is 8.23. The van der Waals surface area contributed by atoms with Gasteiger partial charge in [-0.3, -0.25) is 30.0 Å². The van der Waals surface area contributed by atoms with Gasteiger partial charge in [0, 0.05) is 36.4 Å². The molecule has 12 heteroatoms. The molecule has 0 radical (unpaired) electrons. The second kappa shape index (κ2) is 10.8. The number of pyridine rings is 1. The van der Waals surface area contributed by atoms with Crippen LogP contribution in [0.2, 0.25) is 0 Å². The van der Waals surface area contributed by atoms with Crippen molar-refractivity contribution in [2.45, 2.75) is 40.4 Å². The average Bonchev–Trinajstić information content (AvgIpc) is 3.32. The van der Waals surface area contributed by atoms with Crippen molar-refractivity contribution in [3.8, 4) is 11.5 Å². The molecule has 3 aromatic rings. The lowest BCUT2D eigenvalue weighted by Gasteiger charge is -2.14. The van der Waals surface area contributed by atoms with E-state index in [1.807, 2.05) is 32.0 Å². The summed E-state index contributed by atoms with van der Waals surface area (Å²) in [7, 11) is 0. The molecule has 1 aliphatic heterocycles. The lowest BCUT2D eigenvalue weighted by atomic mass is 10.2. The van der Waals surface area contributed by atoms with E-state index in [2.05, 4.69) is 31.5 Å². The first-order valence-corrected chi connectivity index (χ1v) is 11.2. The number of amides is 3. The molecule has 3 amide bonds. The van der Waals surface area contributed by atoms with E-state index in [0.29, 0.717) is 23.7 Å². The van der Waals surface area contributed by atoms with Crippen LogP contribution in [0.5, 0.6) is 11.5 Å². The van der Waals surface area contributed by atoms with Crippen molar-refractivity contribution >= 4 is 17.8 Å². The van der Waals surface area contributed by atoms with Gasteiger partial charge in [0.1, 0.15) is 6.54 Å². The first-order valence-electron chi connectivity index (χ1n) is 11.2. The molecule has 0 atom stereocenters. The van der Waals surface area contributed by atoms with Crippen molar-refractivity contribution in [1.29, 1.82) is 0 Å². The molecule has 36 heavy (non-hydrogen) atoms. The molecular weight excluding hydrogens is 466 g/mol. The van der Waals surface area contributed by atoms with Crippen molar-refractivity contribution in [3.63, 3.8) is 0 Å². The van der Waals surface area contributed by atoms with Crippen molar-refractivity contribution in [1.82, 2.24) is 30.6 Å². The van der Waals surface area contributed by atoms with E-state index in [1.54, 1.807) is 19.1 Å². The molecule has 188 valence electrons. The maximum absolute atomic E-state index is 12.8. The fourth-order valence-corrected chi connectivity index (χ4v) is 3.54. The third-order valence-electron chi connectivity index (χ3n) is 5.55. The highest BCUT2D eigenvalue weighted by Gasteiger charge is 2.15. The zero-order chi connectivity index (χ0) is 25.7. The summed E-state index contributed by atoms with van der Waals surface area (Å²) in [5, 5.41) is 5.47. The summed E-state index contributed by atoms with van der Waals surface area (Å²) in [6.45, 7) is 5.95. The van der Waals surface area contributed by atoms with Crippen LogP contribution in [0.3, 0.4) is 0 Å². The predicted octanol–water partition coefficient (Wildman–Crippen LogP) is 1.43. The predicted molar refractivity (Wildman–Crippen MR) is 130 cm³/mol. The Morgan fingerprint density at radius 1 is 1.03 bits per heavy atom. The Bertz CT molecular complexity index is 1360. The van der Waals surface area contributed by atoms with Gasteiger partial charge in [0.2, 0.25) is 18.5 Å². The van der Waals surface area contributed by atoms with Crippen molar-refractivity contribution in [2.75, 3.05) is 12.2 Å². The number of aryl methyl sites for hydroxylation is 3. The lowest BCUT2D eigenvalue weighted by molar-refractivity contribution is -0.121. The van der Waals surface area contributed by atoms with Crippen LogP contribution in [0.4, 0.5) is 10.6 Å². The van der Waals surface area contributed by atoms with Crippen molar-refractivity contribution in [3.05, 3.63) is 75.1 Å². The number of hydrazine groups is 1. The fourth-order valence-electron chi connectivity index (χ4n) is 3.54. The highest BCUT2D eigenvalue weighted by Crippen LogP contribution is 2.32. The summed E-state index contributed by atoms with van der Waals surface area (Å²) in [6, 6.07) is 8.57. The number of nitrogens with one attached hydrogen (secondary N) is 4. The van der Waals surface area contributed by atoms with Gasteiger partial charge in [0.05, 0.1) is 0 Å². The molecule has 12 nitrogen and oxygen atoms in total. The largest absolute Gasteiger partial charge is 0.454 e. The van der Waals surface area contributed by atoms with Crippen molar-refractivity contribution in [2.24, 2.45) is 0 Å². The Morgan fingerprint density at radius 3 is 2.64 bits per heavy atom. The number of hydrogen-bond acceptors (Lipinski definition) is 8. The molecule has 2 aromatic heterocycles. The summed E-state index contributed by atoms with van der Waals surface area (Å²) in [5.74, 6) is 0.812.